The average molecular weight is 393 g/mol. The minimum absolute atomic E-state index is 0.0672. The van der Waals surface area contributed by atoms with Gasteiger partial charge in [-0.15, -0.1) is 21.5 Å². The zero-order chi connectivity index (χ0) is 18.1. The fraction of sp³-hybridized carbons (Fsp3) is 0.294. The number of halogens is 1. The highest BCUT2D eigenvalue weighted by Gasteiger charge is 2.37. The Morgan fingerprint density at radius 3 is 2.85 bits per heavy atom. The summed E-state index contributed by atoms with van der Waals surface area (Å²) in [6.45, 7) is 0.334. The SMILES string of the molecule is O=S(=O)(c1cccc(F)c1)N1CCCCC1c1nnc(-c2cccs2)o1. The molecule has 9 heteroatoms. The minimum Gasteiger partial charge on any atom is -0.418 e. The maximum Gasteiger partial charge on any atom is 0.257 e. The average Bonchev–Trinajstić information content (AvgIpc) is 3.33. The summed E-state index contributed by atoms with van der Waals surface area (Å²) >= 11 is 1.47. The quantitative estimate of drug-likeness (QED) is 0.673. The van der Waals surface area contributed by atoms with E-state index < -0.39 is 21.9 Å². The van der Waals surface area contributed by atoms with Crippen molar-refractivity contribution in [1.29, 1.82) is 0 Å². The summed E-state index contributed by atoms with van der Waals surface area (Å²) in [5.74, 6) is 0.0640. The van der Waals surface area contributed by atoms with Gasteiger partial charge in [-0.05, 0) is 42.5 Å². The number of thiophene rings is 1. The predicted molar refractivity (Wildman–Crippen MR) is 94.5 cm³/mol. The number of nitrogens with zero attached hydrogens (tertiary/aromatic N) is 3. The molecule has 0 saturated carbocycles. The second-order valence-electron chi connectivity index (χ2n) is 6.01. The van der Waals surface area contributed by atoms with Gasteiger partial charge in [-0.2, -0.15) is 4.31 Å². The van der Waals surface area contributed by atoms with E-state index in [9.17, 15) is 12.8 Å². The smallest absolute Gasteiger partial charge is 0.257 e. The van der Waals surface area contributed by atoms with E-state index >= 15 is 0 Å². The molecule has 1 aromatic carbocycles. The molecule has 0 spiro atoms. The lowest BCUT2D eigenvalue weighted by atomic mass is 10.1. The number of hydrogen-bond donors (Lipinski definition) is 0. The minimum atomic E-state index is -3.86. The Balaban J connectivity index is 1.69. The maximum absolute atomic E-state index is 13.5. The molecule has 3 aromatic rings. The van der Waals surface area contributed by atoms with Crippen LogP contribution in [0.5, 0.6) is 0 Å². The Labute approximate surface area is 154 Å². The molecule has 0 aliphatic carbocycles. The van der Waals surface area contributed by atoms with Crippen LogP contribution in [0.25, 0.3) is 10.8 Å². The van der Waals surface area contributed by atoms with Gasteiger partial charge in [-0.3, -0.25) is 0 Å². The molecule has 1 aliphatic heterocycles. The lowest BCUT2D eigenvalue weighted by Crippen LogP contribution is -2.38. The van der Waals surface area contributed by atoms with Crippen LogP contribution in [0.1, 0.15) is 31.2 Å². The van der Waals surface area contributed by atoms with Crippen molar-refractivity contribution in [2.24, 2.45) is 0 Å². The first-order valence-corrected chi connectivity index (χ1v) is 10.5. The molecule has 2 aromatic heterocycles. The van der Waals surface area contributed by atoms with Crippen LogP contribution in [0.3, 0.4) is 0 Å². The second-order valence-corrected chi connectivity index (χ2v) is 8.85. The van der Waals surface area contributed by atoms with E-state index in [0.29, 0.717) is 18.9 Å². The highest BCUT2D eigenvalue weighted by molar-refractivity contribution is 7.89. The van der Waals surface area contributed by atoms with E-state index in [4.69, 9.17) is 4.42 Å². The van der Waals surface area contributed by atoms with Gasteiger partial charge in [0.15, 0.2) is 0 Å². The van der Waals surface area contributed by atoms with Gasteiger partial charge in [0.05, 0.1) is 9.77 Å². The topological polar surface area (TPSA) is 76.3 Å². The molecular weight excluding hydrogens is 377 g/mol. The van der Waals surface area contributed by atoms with Gasteiger partial charge in [0.25, 0.3) is 5.89 Å². The first kappa shape index (κ1) is 17.3. The molecule has 26 heavy (non-hydrogen) atoms. The van der Waals surface area contributed by atoms with Crippen LogP contribution in [0.2, 0.25) is 0 Å². The number of hydrogen-bond acceptors (Lipinski definition) is 6. The fourth-order valence-corrected chi connectivity index (χ4v) is 5.40. The molecule has 1 fully saturated rings. The second kappa shape index (κ2) is 6.90. The molecule has 3 heterocycles. The monoisotopic (exact) mass is 393 g/mol. The van der Waals surface area contributed by atoms with Gasteiger partial charge in [-0.1, -0.05) is 18.6 Å². The summed E-state index contributed by atoms with van der Waals surface area (Å²) in [4.78, 5) is 0.765. The van der Waals surface area contributed by atoms with Crippen molar-refractivity contribution in [2.45, 2.75) is 30.2 Å². The molecule has 4 rings (SSSR count). The van der Waals surface area contributed by atoms with Crippen molar-refractivity contribution in [3.05, 3.63) is 53.5 Å². The first-order valence-electron chi connectivity index (χ1n) is 8.20. The Morgan fingerprint density at radius 1 is 1.19 bits per heavy atom. The normalized spacial score (nSPS) is 18.9. The van der Waals surface area contributed by atoms with Gasteiger partial charge in [0.1, 0.15) is 11.9 Å². The van der Waals surface area contributed by atoms with E-state index in [0.717, 1.165) is 23.8 Å². The lowest BCUT2D eigenvalue weighted by molar-refractivity contribution is 0.220. The van der Waals surface area contributed by atoms with Crippen molar-refractivity contribution < 1.29 is 17.2 Å². The van der Waals surface area contributed by atoms with E-state index in [1.807, 2.05) is 17.5 Å². The van der Waals surface area contributed by atoms with Crippen LogP contribution in [0, 0.1) is 5.82 Å². The van der Waals surface area contributed by atoms with Gasteiger partial charge in [-0.25, -0.2) is 12.8 Å². The Bertz CT molecular complexity index is 1000. The molecule has 0 bridgehead atoms. The third-order valence-electron chi connectivity index (χ3n) is 4.31. The first-order chi connectivity index (χ1) is 12.6. The third kappa shape index (κ3) is 3.17. The molecule has 6 nitrogen and oxygen atoms in total. The summed E-state index contributed by atoms with van der Waals surface area (Å²) in [5.41, 5.74) is 0. The fourth-order valence-electron chi connectivity index (χ4n) is 3.07. The van der Waals surface area contributed by atoms with E-state index in [1.165, 1.54) is 33.8 Å². The number of sulfonamides is 1. The molecule has 136 valence electrons. The van der Waals surface area contributed by atoms with Crippen molar-refractivity contribution in [3.63, 3.8) is 0 Å². The van der Waals surface area contributed by atoms with Crippen LogP contribution in [0.15, 0.2) is 51.1 Å². The zero-order valence-corrected chi connectivity index (χ0v) is 15.3. The highest BCUT2D eigenvalue weighted by Crippen LogP contribution is 2.36. The lowest BCUT2D eigenvalue weighted by Gasteiger charge is -2.32. The van der Waals surface area contributed by atoms with E-state index in [1.54, 1.807) is 0 Å². The molecular formula is C17H16FN3O3S2. The van der Waals surface area contributed by atoms with Crippen LogP contribution in [-0.4, -0.2) is 29.5 Å². The summed E-state index contributed by atoms with van der Waals surface area (Å²) in [7, 11) is -3.86. The summed E-state index contributed by atoms with van der Waals surface area (Å²) < 4.78 is 46.7. The number of aromatic nitrogens is 2. The van der Waals surface area contributed by atoms with Gasteiger partial charge in [0.2, 0.25) is 15.9 Å². The van der Waals surface area contributed by atoms with Crippen molar-refractivity contribution in [3.8, 4) is 10.8 Å². The van der Waals surface area contributed by atoms with Crippen LogP contribution in [-0.2, 0) is 10.0 Å². The van der Waals surface area contributed by atoms with Crippen LogP contribution < -0.4 is 0 Å². The Morgan fingerprint density at radius 2 is 2.08 bits per heavy atom. The van der Waals surface area contributed by atoms with Gasteiger partial charge < -0.3 is 4.42 Å². The highest BCUT2D eigenvalue weighted by atomic mass is 32.2. The van der Waals surface area contributed by atoms with Crippen molar-refractivity contribution in [2.75, 3.05) is 6.54 Å². The zero-order valence-electron chi connectivity index (χ0n) is 13.7. The maximum atomic E-state index is 13.5. The van der Waals surface area contributed by atoms with Crippen molar-refractivity contribution in [1.82, 2.24) is 14.5 Å². The van der Waals surface area contributed by atoms with Crippen molar-refractivity contribution >= 4 is 21.4 Å². The molecule has 0 amide bonds. The largest absolute Gasteiger partial charge is 0.418 e. The van der Waals surface area contributed by atoms with E-state index in [2.05, 4.69) is 10.2 Å². The summed E-state index contributed by atoms with van der Waals surface area (Å²) in [6.07, 6.45) is 2.17. The van der Waals surface area contributed by atoms with Gasteiger partial charge in [0, 0.05) is 6.54 Å². The molecule has 0 N–H and O–H groups in total. The summed E-state index contributed by atoms with van der Waals surface area (Å²) in [5, 5.41) is 10.0. The third-order valence-corrected chi connectivity index (χ3v) is 7.08. The molecule has 1 aliphatic rings. The Hall–Kier alpha value is -2.10. The van der Waals surface area contributed by atoms with Crippen LogP contribution >= 0.6 is 11.3 Å². The molecule has 0 radical (unpaired) electrons. The van der Waals surface area contributed by atoms with Gasteiger partial charge >= 0.3 is 0 Å². The number of rotatable bonds is 4. The number of piperidine rings is 1. The summed E-state index contributed by atoms with van der Waals surface area (Å²) in [6, 6.07) is 8.25. The number of benzene rings is 1. The van der Waals surface area contributed by atoms with Crippen LogP contribution in [0.4, 0.5) is 4.39 Å². The Kier molecular flexibility index (Phi) is 4.60. The molecule has 1 unspecified atom stereocenters. The molecule has 1 atom stereocenters. The van der Waals surface area contributed by atoms with E-state index in [-0.39, 0.29) is 10.8 Å². The molecule has 1 saturated heterocycles. The predicted octanol–water partition coefficient (Wildman–Crippen LogP) is 3.85. The standard InChI is InChI=1S/C17H16FN3O3S2/c18-12-5-3-6-13(11-12)26(22,23)21-9-2-1-7-14(21)16-19-20-17(24-16)15-8-4-10-25-15/h3-6,8,10-11,14H,1-2,7,9H2.